The molecule has 0 unspecified atom stereocenters. The molecule has 6 heteroatoms. The van der Waals surface area contributed by atoms with Crippen LogP contribution in [-0.4, -0.2) is 27.6 Å². The predicted molar refractivity (Wildman–Crippen MR) is 63.1 cm³/mol. The van der Waals surface area contributed by atoms with Crippen LogP contribution in [0.2, 0.25) is 0 Å². The fourth-order valence-electron chi connectivity index (χ4n) is 1.29. The van der Waals surface area contributed by atoms with Gasteiger partial charge in [0.05, 0.1) is 22.8 Å². The molecule has 0 spiro atoms. The second-order valence-electron chi connectivity index (χ2n) is 3.33. The summed E-state index contributed by atoms with van der Waals surface area (Å²) in [6.45, 7) is 1.14. The predicted octanol–water partition coefficient (Wildman–Crippen LogP) is 1.82. The average molecular weight is 236 g/mol. The molecule has 0 aliphatic heterocycles. The largest absolute Gasteiger partial charge is 0.411 e. The van der Waals surface area contributed by atoms with Crippen molar-refractivity contribution in [1.82, 2.24) is 0 Å². The molecule has 0 bridgehead atoms. The molecule has 0 heterocycles. The molecular weight excluding hydrogens is 224 g/mol. The number of benzene rings is 1. The highest BCUT2D eigenvalue weighted by atomic mass is 16.6. The fraction of sp³-hybridized carbons (Fsp3) is 0.182. The first-order valence-corrected chi connectivity index (χ1v) is 4.84. The van der Waals surface area contributed by atoms with Crippen molar-refractivity contribution in [3.8, 4) is 0 Å². The lowest BCUT2D eigenvalue weighted by atomic mass is 10.1. The summed E-state index contributed by atoms with van der Waals surface area (Å²) in [4.78, 5) is 10.3. The summed E-state index contributed by atoms with van der Waals surface area (Å²) in [7, 11) is 0. The number of nitrogens with zero attached hydrogens (tertiary/aromatic N) is 2. The van der Waals surface area contributed by atoms with Gasteiger partial charge in [-0.25, -0.2) is 0 Å². The Morgan fingerprint density at radius 1 is 1.53 bits per heavy atom. The Hall–Kier alpha value is -2.21. The quantitative estimate of drug-likeness (QED) is 0.360. The summed E-state index contributed by atoms with van der Waals surface area (Å²) in [6, 6.07) is 6.13. The molecule has 1 aromatic rings. The van der Waals surface area contributed by atoms with E-state index in [9.17, 15) is 10.1 Å². The molecule has 0 saturated heterocycles. The second kappa shape index (κ2) is 5.76. The molecule has 17 heavy (non-hydrogen) atoms. The van der Waals surface area contributed by atoms with Crippen LogP contribution in [0.15, 0.2) is 35.0 Å². The van der Waals surface area contributed by atoms with Gasteiger partial charge in [-0.15, -0.1) is 0 Å². The van der Waals surface area contributed by atoms with Gasteiger partial charge in [0.15, 0.2) is 0 Å². The first-order valence-electron chi connectivity index (χ1n) is 4.84. The van der Waals surface area contributed by atoms with Crippen molar-refractivity contribution in [2.75, 3.05) is 6.61 Å². The van der Waals surface area contributed by atoms with Gasteiger partial charge < -0.3 is 10.3 Å². The number of aliphatic hydroxyl groups excluding tert-OH is 1. The molecule has 0 aliphatic carbocycles. The zero-order valence-electron chi connectivity index (χ0n) is 9.20. The highest BCUT2D eigenvalue weighted by Gasteiger charge is 2.11. The summed E-state index contributed by atoms with van der Waals surface area (Å²) < 4.78 is 0. The second-order valence-corrected chi connectivity index (χ2v) is 3.33. The number of hydrogen-bond acceptors (Lipinski definition) is 5. The van der Waals surface area contributed by atoms with E-state index in [-0.39, 0.29) is 18.0 Å². The van der Waals surface area contributed by atoms with E-state index in [0.717, 1.165) is 0 Å². The molecule has 2 N–H and O–H groups in total. The van der Waals surface area contributed by atoms with Gasteiger partial charge in [0.1, 0.15) is 0 Å². The lowest BCUT2D eigenvalue weighted by Crippen LogP contribution is -2.02. The smallest absolute Gasteiger partial charge is 0.276 e. The van der Waals surface area contributed by atoms with Crippen LogP contribution < -0.4 is 0 Å². The van der Waals surface area contributed by atoms with Gasteiger partial charge in [-0.05, 0) is 19.1 Å². The number of para-hydroxylation sites is 1. The van der Waals surface area contributed by atoms with E-state index in [0.29, 0.717) is 11.1 Å². The lowest BCUT2D eigenvalue weighted by Gasteiger charge is -2.02. The minimum absolute atomic E-state index is 0.0656. The minimum Gasteiger partial charge on any atom is -0.411 e. The van der Waals surface area contributed by atoms with Crippen LogP contribution in [0, 0.1) is 10.1 Å². The topological polar surface area (TPSA) is 96.0 Å². The van der Waals surface area contributed by atoms with Crippen molar-refractivity contribution < 1.29 is 15.2 Å². The maximum absolute atomic E-state index is 10.8. The number of aliphatic hydroxyl groups is 1. The summed E-state index contributed by atoms with van der Waals surface area (Å²) in [5.74, 6) is 0. The zero-order chi connectivity index (χ0) is 12.8. The number of nitro groups is 1. The Kier molecular flexibility index (Phi) is 4.36. The van der Waals surface area contributed by atoms with E-state index in [1.807, 2.05) is 0 Å². The fourth-order valence-corrected chi connectivity index (χ4v) is 1.29. The van der Waals surface area contributed by atoms with Gasteiger partial charge in [0.2, 0.25) is 0 Å². The molecular formula is C11H12N2O4. The molecule has 0 fully saturated rings. The van der Waals surface area contributed by atoms with Crippen molar-refractivity contribution in [2.45, 2.75) is 6.92 Å². The summed E-state index contributed by atoms with van der Waals surface area (Å²) in [5, 5.41) is 31.4. The van der Waals surface area contributed by atoms with E-state index in [1.54, 1.807) is 18.2 Å². The van der Waals surface area contributed by atoms with Crippen molar-refractivity contribution >= 4 is 17.5 Å². The minimum atomic E-state index is -0.508. The third-order valence-corrected chi connectivity index (χ3v) is 2.25. The van der Waals surface area contributed by atoms with Gasteiger partial charge in [-0.2, -0.15) is 0 Å². The highest BCUT2D eigenvalue weighted by Crippen LogP contribution is 2.20. The number of nitro benzene ring substituents is 1. The average Bonchev–Trinajstić information content (AvgIpc) is 2.35. The zero-order valence-corrected chi connectivity index (χ0v) is 9.20. The van der Waals surface area contributed by atoms with E-state index < -0.39 is 4.92 Å². The van der Waals surface area contributed by atoms with Gasteiger partial charge >= 0.3 is 0 Å². The van der Waals surface area contributed by atoms with E-state index in [4.69, 9.17) is 10.3 Å². The van der Waals surface area contributed by atoms with Crippen molar-refractivity contribution in [3.05, 3.63) is 45.5 Å². The Labute approximate surface area is 97.7 Å². The molecule has 1 aromatic carbocycles. The molecule has 0 radical (unpaired) electrons. The van der Waals surface area contributed by atoms with Crippen LogP contribution in [0.5, 0.6) is 0 Å². The molecule has 0 atom stereocenters. The van der Waals surface area contributed by atoms with E-state index in [2.05, 4.69) is 5.16 Å². The maximum Gasteiger partial charge on any atom is 0.276 e. The Morgan fingerprint density at radius 2 is 2.18 bits per heavy atom. The van der Waals surface area contributed by atoms with E-state index in [1.165, 1.54) is 19.1 Å². The lowest BCUT2D eigenvalue weighted by molar-refractivity contribution is -0.385. The summed E-state index contributed by atoms with van der Waals surface area (Å²) in [6.07, 6.45) is 1.42. The van der Waals surface area contributed by atoms with Crippen LogP contribution in [-0.2, 0) is 0 Å². The van der Waals surface area contributed by atoms with Crippen molar-refractivity contribution in [3.63, 3.8) is 0 Å². The monoisotopic (exact) mass is 236 g/mol. The standard InChI is InChI=1S/C11H12N2O4/c1-8(12-15)10(7-14)6-9-4-2-3-5-11(9)13(16)17/h2-6,14-15H,7H2,1H3/b10-6+,12-8+. The van der Waals surface area contributed by atoms with Crippen molar-refractivity contribution in [1.29, 1.82) is 0 Å². The van der Waals surface area contributed by atoms with Gasteiger partial charge in [0.25, 0.3) is 5.69 Å². The van der Waals surface area contributed by atoms with Crippen LogP contribution in [0.25, 0.3) is 6.08 Å². The molecule has 0 aromatic heterocycles. The highest BCUT2D eigenvalue weighted by molar-refractivity contribution is 6.02. The molecule has 1 rings (SSSR count). The molecule has 6 nitrogen and oxygen atoms in total. The summed E-state index contributed by atoms with van der Waals surface area (Å²) >= 11 is 0. The SMILES string of the molecule is CC(=N\O)/C(=C/c1ccccc1[N+](=O)[O-])CO. The first-order chi connectivity index (χ1) is 8.10. The molecule has 0 saturated carbocycles. The number of oxime groups is 1. The molecule has 0 amide bonds. The normalized spacial score (nSPS) is 12.6. The summed E-state index contributed by atoms with van der Waals surface area (Å²) in [5.41, 5.74) is 0.821. The third-order valence-electron chi connectivity index (χ3n) is 2.25. The Bertz CT molecular complexity index is 480. The van der Waals surface area contributed by atoms with Crippen molar-refractivity contribution in [2.24, 2.45) is 5.16 Å². The van der Waals surface area contributed by atoms with Crippen LogP contribution in [0.1, 0.15) is 12.5 Å². The Morgan fingerprint density at radius 3 is 2.71 bits per heavy atom. The van der Waals surface area contributed by atoms with Gasteiger partial charge in [0, 0.05) is 11.6 Å². The van der Waals surface area contributed by atoms with Crippen LogP contribution >= 0.6 is 0 Å². The molecule has 0 aliphatic rings. The third kappa shape index (κ3) is 3.12. The Balaban J connectivity index is 3.25. The number of hydrogen-bond donors (Lipinski definition) is 2. The maximum atomic E-state index is 10.8. The number of rotatable bonds is 4. The molecule has 90 valence electrons. The van der Waals surface area contributed by atoms with E-state index >= 15 is 0 Å². The van der Waals surface area contributed by atoms with Gasteiger partial charge in [-0.1, -0.05) is 17.3 Å². The van der Waals surface area contributed by atoms with Crippen LogP contribution in [0.4, 0.5) is 5.69 Å². The first kappa shape index (κ1) is 12.9. The van der Waals surface area contributed by atoms with Gasteiger partial charge in [-0.3, -0.25) is 10.1 Å². The van der Waals surface area contributed by atoms with Crippen LogP contribution in [0.3, 0.4) is 0 Å².